The third kappa shape index (κ3) is 9.35. The van der Waals surface area contributed by atoms with E-state index in [1.807, 2.05) is 0 Å². The lowest BCUT2D eigenvalue weighted by molar-refractivity contribution is 0.0000822. The lowest BCUT2D eigenvalue weighted by atomic mass is 10.2. The van der Waals surface area contributed by atoms with Crippen LogP contribution >= 0.6 is 0 Å². The SMILES string of the molecule is CCNC(COCCOCCOCCOC)C1CC1. The summed E-state index contributed by atoms with van der Waals surface area (Å²) in [5.41, 5.74) is 0. The van der Waals surface area contributed by atoms with Crippen molar-refractivity contribution >= 4 is 0 Å². The molecular weight excluding hydrogens is 246 g/mol. The van der Waals surface area contributed by atoms with Gasteiger partial charge >= 0.3 is 0 Å². The quantitative estimate of drug-likeness (QED) is 0.481. The molecule has 1 unspecified atom stereocenters. The average Bonchev–Trinajstić information content (AvgIpc) is 3.24. The molecule has 0 heterocycles. The van der Waals surface area contributed by atoms with Crippen LogP contribution in [-0.2, 0) is 18.9 Å². The van der Waals surface area contributed by atoms with E-state index in [1.165, 1.54) is 12.8 Å². The fourth-order valence-corrected chi connectivity index (χ4v) is 1.91. The van der Waals surface area contributed by atoms with Crippen LogP contribution < -0.4 is 5.32 Å². The van der Waals surface area contributed by atoms with Crippen LogP contribution in [0.2, 0.25) is 0 Å². The highest BCUT2D eigenvalue weighted by Crippen LogP contribution is 2.32. The summed E-state index contributed by atoms with van der Waals surface area (Å²) < 4.78 is 21.2. The van der Waals surface area contributed by atoms with Gasteiger partial charge in [0.05, 0.1) is 46.2 Å². The van der Waals surface area contributed by atoms with Crippen molar-refractivity contribution in [2.45, 2.75) is 25.8 Å². The van der Waals surface area contributed by atoms with Gasteiger partial charge in [-0.05, 0) is 25.3 Å². The minimum Gasteiger partial charge on any atom is -0.382 e. The van der Waals surface area contributed by atoms with E-state index >= 15 is 0 Å². The van der Waals surface area contributed by atoms with Crippen LogP contribution in [0.4, 0.5) is 0 Å². The van der Waals surface area contributed by atoms with Gasteiger partial charge in [-0.1, -0.05) is 6.92 Å². The number of methoxy groups -OCH3 is 1. The summed E-state index contributed by atoms with van der Waals surface area (Å²) >= 11 is 0. The van der Waals surface area contributed by atoms with Gasteiger partial charge in [0, 0.05) is 13.2 Å². The molecule has 19 heavy (non-hydrogen) atoms. The van der Waals surface area contributed by atoms with Crippen LogP contribution in [-0.4, -0.2) is 65.9 Å². The molecule has 0 radical (unpaired) electrons. The maximum atomic E-state index is 5.65. The molecule has 1 N–H and O–H groups in total. The Morgan fingerprint density at radius 3 is 2.05 bits per heavy atom. The van der Waals surface area contributed by atoms with Gasteiger partial charge < -0.3 is 24.3 Å². The molecule has 0 amide bonds. The first kappa shape index (κ1) is 16.9. The highest BCUT2D eigenvalue weighted by atomic mass is 16.6. The number of hydrogen-bond donors (Lipinski definition) is 1. The van der Waals surface area contributed by atoms with Gasteiger partial charge in [-0.3, -0.25) is 0 Å². The van der Waals surface area contributed by atoms with Crippen LogP contribution in [0.25, 0.3) is 0 Å². The average molecular weight is 275 g/mol. The van der Waals surface area contributed by atoms with Crippen molar-refractivity contribution in [2.24, 2.45) is 5.92 Å². The summed E-state index contributed by atoms with van der Waals surface area (Å²) in [6, 6.07) is 0.530. The van der Waals surface area contributed by atoms with E-state index in [1.54, 1.807) is 7.11 Å². The highest BCUT2D eigenvalue weighted by molar-refractivity contribution is 4.85. The number of hydrogen-bond acceptors (Lipinski definition) is 5. The van der Waals surface area contributed by atoms with Crippen LogP contribution in [0.15, 0.2) is 0 Å². The lowest BCUT2D eigenvalue weighted by Gasteiger charge is -2.17. The van der Waals surface area contributed by atoms with Gasteiger partial charge in [-0.15, -0.1) is 0 Å². The Morgan fingerprint density at radius 2 is 1.53 bits per heavy atom. The highest BCUT2D eigenvalue weighted by Gasteiger charge is 2.30. The third-order valence-electron chi connectivity index (χ3n) is 3.13. The predicted molar refractivity (Wildman–Crippen MR) is 74.5 cm³/mol. The van der Waals surface area contributed by atoms with Crippen molar-refractivity contribution in [2.75, 3.05) is 59.9 Å². The van der Waals surface area contributed by atoms with Crippen molar-refractivity contribution in [1.29, 1.82) is 0 Å². The molecule has 1 aliphatic rings. The van der Waals surface area contributed by atoms with E-state index in [-0.39, 0.29) is 0 Å². The van der Waals surface area contributed by atoms with Crippen molar-refractivity contribution in [3.63, 3.8) is 0 Å². The second-order valence-corrected chi connectivity index (χ2v) is 4.79. The molecule has 0 aromatic rings. The van der Waals surface area contributed by atoms with E-state index in [0.717, 1.165) is 19.1 Å². The minimum absolute atomic E-state index is 0.530. The number of nitrogens with one attached hydrogen (secondary N) is 1. The normalized spacial score (nSPS) is 16.7. The Bertz CT molecular complexity index is 200. The van der Waals surface area contributed by atoms with Gasteiger partial charge in [0.1, 0.15) is 0 Å². The summed E-state index contributed by atoms with van der Waals surface area (Å²) in [7, 11) is 1.67. The van der Waals surface area contributed by atoms with Gasteiger partial charge in [0.15, 0.2) is 0 Å². The Labute approximate surface area is 116 Å². The summed E-state index contributed by atoms with van der Waals surface area (Å²) in [5, 5.41) is 3.48. The van der Waals surface area contributed by atoms with Crippen LogP contribution in [0.1, 0.15) is 19.8 Å². The monoisotopic (exact) mass is 275 g/mol. The second-order valence-electron chi connectivity index (χ2n) is 4.79. The number of rotatable bonds is 14. The van der Waals surface area contributed by atoms with E-state index in [9.17, 15) is 0 Å². The summed E-state index contributed by atoms with van der Waals surface area (Å²) in [6.07, 6.45) is 2.69. The molecule has 1 rings (SSSR count). The van der Waals surface area contributed by atoms with Gasteiger partial charge in [0.25, 0.3) is 0 Å². The van der Waals surface area contributed by atoms with Crippen LogP contribution in [0.5, 0.6) is 0 Å². The summed E-state index contributed by atoms with van der Waals surface area (Å²) in [6.45, 7) is 7.74. The van der Waals surface area contributed by atoms with Gasteiger partial charge in [-0.25, -0.2) is 0 Å². The smallest absolute Gasteiger partial charge is 0.0701 e. The molecule has 5 heteroatoms. The molecule has 0 aromatic heterocycles. The lowest BCUT2D eigenvalue weighted by Crippen LogP contribution is -2.35. The molecule has 0 aliphatic heterocycles. The third-order valence-corrected chi connectivity index (χ3v) is 3.13. The second kappa shape index (κ2) is 11.6. The molecule has 1 fully saturated rings. The molecule has 0 saturated heterocycles. The summed E-state index contributed by atoms with van der Waals surface area (Å²) in [5.74, 6) is 0.829. The van der Waals surface area contributed by atoms with Crippen molar-refractivity contribution in [3.8, 4) is 0 Å². The van der Waals surface area contributed by atoms with Crippen LogP contribution in [0.3, 0.4) is 0 Å². The predicted octanol–water partition coefficient (Wildman–Crippen LogP) is 1.07. The van der Waals surface area contributed by atoms with E-state index in [4.69, 9.17) is 18.9 Å². The zero-order valence-electron chi connectivity index (χ0n) is 12.4. The molecular formula is C14H29NO4. The van der Waals surface area contributed by atoms with Crippen molar-refractivity contribution < 1.29 is 18.9 Å². The first-order valence-electron chi connectivity index (χ1n) is 7.34. The van der Waals surface area contributed by atoms with Crippen molar-refractivity contribution in [1.82, 2.24) is 5.32 Å². The van der Waals surface area contributed by atoms with Crippen molar-refractivity contribution in [3.05, 3.63) is 0 Å². The maximum Gasteiger partial charge on any atom is 0.0701 e. The summed E-state index contributed by atoms with van der Waals surface area (Å²) in [4.78, 5) is 0. The minimum atomic E-state index is 0.530. The standard InChI is InChI=1S/C14H29NO4/c1-3-15-14(13-4-5-13)12-19-11-10-18-9-8-17-7-6-16-2/h13-15H,3-12H2,1-2H3. The molecule has 1 atom stereocenters. The Morgan fingerprint density at radius 1 is 0.947 bits per heavy atom. The largest absolute Gasteiger partial charge is 0.382 e. The van der Waals surface area contributed by atoms with Gasteiger partial charge in [-0.2, -0.15) is 0 Å². The molecule has 5 nitrogen and oxygen atoms in total. The maximum absolute atomic E-state index is 5.65. The molecule has 1 saturated carbocycles. The zero-order valence-corrected chi connectivity index (χ0v) is 12.4. The number of ether oxygens (including phenoxy) is 4. The fraction of sp³-hybridized carbons (Fsp3) is 1.00. The number of likely N-dealkylation sites (N-methyl/N-ethyl adjacent to an activating group) is 1. The van der Waals surface area contributed by atoms with E-state index in [2.05, 4.69) is 12.2 Å². The molecule has 0 bridgehead atoms. The molecule has 1 aliphatic carbocycles. The Kier molecular flexibility index (Phi) is 10.3. The van der Waals surface area contributed by atoms with Gasteiger partial charge in [0.2, 0.25) is 0 Å². The topological polar surface area (TPSA) is 49.0 Å². The molecule has 114 valence electrons. The van der Waals surface area contributed by atoms with E-state index < -0.39 is 0 Å². The van der Waals surface area contributed by atoms with E-state index in [0.29, 0.717) is 45.7 Å². The first-order chi connectivity index (χ1) is 9.38. The zero-order chi connectivity index (χ0) is 13.8. The Balaban J connectivity index is 1.80. The molecule has 0 spiro atoms. The molecule has 0 aromatic carbocycles. The first-order valence-corrected chi connectivity index (χ1v) is 7.34. The van der Waals surface area contributed by atoms with Crippen LogP contribution in [0, 0.1) is 5.92 Å². The Hall–Kier alpha value is -0.200. The fourth-order valence-electron chi connectivity index (χ4n) is 1.91.